The van der Waals surface area contributed by atoms with Crippen molar-refractivity contribution >= 4 is 40.1 Å². The lowest BCUT2D eigenvalue weighted by Crippen LogP contribution is -2.48. The standard InChI is InChI=1S/C21H20N4O4S/c1-3-29-19(27)17-13-30-21(23-17)25(20(28)22-16-7-5-4-6-8-16)24-18(26)15-11-9-14(2)10-12-15/h4-13H,3H2,1-2H3,(H,22,28)(H,24,26). The monoisotopic (exact) mass is 424 g/mol. The van der Waals surface area contributed by atoms with E-state index in [0.29, 0.717) is 11.3 Å². The normalized spacial score (nSPS) is 10.2. The Balaban J connectivity index is 1.86. The van der Waals surface area contributed by atoms with Crippen LogP contribution >= 0.6 is 11.3 Å². The molecule has 2 N–H and O–H groups in total. The molecule has 3 rings (SSSR count). The first kappa shape index (κ1) is 21.0. The zero-order valence-corrected chi connectivity index (χ0v) is 17.2. The van der Waals surface area contributed by atoms with Crippen molar-refractivity contribution in [3.05, 3.63) is 76.8 Å². The molecule has 0 atom stereocenters. The molecule has 0 bridgehead atoms. The van der Waals surface area contributed by atoms with Gasteiger partial charge in [0.25, 0.3) is 5.91 Å². The summed E-state index contributed by atoms with van der Waals surface area (Å²) < 4.78 is 4.94. The van der Waals surface area contributed by atoms with Crippen molar-refractivity contribution in [2.75, 3.05) is 16.9 Å². The average Bonchev–Trinajstić information content (AvgIpc) is 3.23. The van der Waals surface area contributed by atoms with E-state index in [1.807, 2.05) is 13.0 Å². The maximum absolute atomic E-state index is 12.9. The van der Waals surface area contributed by atoms with Gasteiger partial charge in [-0.25, -0.2) is 14.6 Å². The Bertz CT molecular complexity index is 1030. The molecule has 2 aromatic carbocycles. The first-order valence-electron chi connectivity index (χ1n) is 9.14. The highest BCUT2D eigenvalue weighted by Crippen LogP contribution is 2.21. The summed E-state index contributed by atoms with van der Waals surface area (Å²) in [6.45, 7) is 3.80. The largest absolute Gasteiger partial charge is 0.461 e. The van der Waals surface area contributed by atoms with E-state index in [2.05, 4.69) is 15.7 Å². The molecule has 0 saturated carbocycles. The summed E-state index contributed by atoms with van der Waals surface area (Å²) in [6, 6.07) is 15.1. The van der Waals surface area contributed by atoms with Gasteiger partial charge in [0.1, 0.15) is 0 Å². The number of aromatic nitrogens is 1. The third kappa shape index (κ3) is 5.21. The van der Waals surface area contributed by atoms with E-state index in [1.54, 1.807) is 55.5 Å². The van der Waals surface area contributed by atoms with Crippen molar-refractivity contribution in [2.45, 2.75) is 13.8 Å². The Labute approximate surface area is 177 Å². The van der Waals surface area contributed by atoms with Crippen LogP contribution in [0.5, 0.6) is 0 Å². The van der Waals surface area contributed by atoms with E-state index in [0.717, 1.165) is 21.9 Å². The van der Waals surface area contributed by atoms with Crippen LogP contribution in [-0.2, 0) is 4.74 Å². The maximum Gasteiger partial charge on any atom is 0.357 e. The van der Waals surface area contributed by atoms with E-state index in [-0.39, 0.29) is 17.4 Å². The molecule has 3 aromatic rings. The Morgan fingerprint density at radius 1 is 1.07 bits per heavy atom. The van der Waals surface area contributed by atoms with Crippen LogP contribution < -0.4 is 15.8 Å². The minimum Gasteiger partial charge on any atom is -0.461 e. The van der Waals surface area contributed by atoms with Gasteiger partial charge in [-0.3, -0.25) is 10.2 Å². The number of hydrogen-bond donors (Lipinski definition) is 2. The highest BCUT2D eigenvalue weighted by Gasteiger charge is 2.24. The molecule has 8 nitrogen and oxygen atoms in total. The predicted molar refractivity (Wildman–Crippen MR) is 115 cm³/mol. The fourth-order valence-corrected chi connectivity index (χ4v) is 3.17. The lowest BCUT2D eigenvalue weighted by molar-refractivity contribution is 0.0520. The first-order valence-corrected chi connectivity index (χ1v) is 10.0. The number of nitrogens with one attached hydrogen (secondary N) is 2. The molecule has 0 spiro atoms. The highest BCUT2D eigenvalue weighted by atomic mass is 32.1. The van der Waals surface area contributed by atoms with Crippen LogP contribution in [0.2, 0.25) is 0 Å². The second-order valence-electron chi connectivity index (χ2n) is 6.17. The number of para-hydroxylation sites is 1. The molecule has 0 aliphatic carbocycles. The number of esters is 1. The predicted octanol–water partition coefficient (Wildman–Crippen LogP) is 4.01. The van der Waals surface area contributed by atoms with Crippen LogP contribution in [0.25, 0.3) is 0 Å². The van der Waals surface area contributed by atoms with Crippen molar-refractivity contribution < 1.29 is 19.1 Å². The van der Waals surface area contributed by atoms with Gasteiger partial charge < -0.3 is 10.1 Å². The zero-order valence-electron chi connectivity index (χ0n) is 16.4. The van der Waals surface area contributed by atoms with Gasteiger partial charge in [-0.15, -0.1) is 11.3 Å². The quantitative estimate of drug-likeness (QED) is 0.476. The summed E-state index contributed by atoms with van der Waals surface area (Å²) in [5.74, 6) is -1.10. The van der Waals surface area contributed by atoms with Crippen molar-refractivity contribution in [3.8, 4) is 0 Å². The molecular formula is C21H20N4O4S. The Kier molecular flexibility index (Phi) is 6.76. The molecule has 0 saturated heterocycles. The maximum atomic E-state index is 12.9. The molecular weight excluding hydrogens is 404 g/mol. The molecule has 0 radical (unpaired) electrons. The molecule has 1 heterocycles. The van der Waals surface area contributed by atoms with Gasteiger partial charge in [0.2, 0.25) is 5.13 Å². The molecule has 30 heavy (non-hydrogen) atoms. The van der Waals surface area contributed by atoms with Crippen molar-refractivity contribution in [1.82, 2.24) is 10.4 Å². The minimum atomic E-state index is -0.633. The fourth-order valence-electron chi connectivity index (χ4n) is 2.42. The Morgan fingerprint density at radius 2 is 1.77 bits per heavy atom. The lowest BCUT2D eigenvalue weighted by Gasteiger charge is -2.21. The van der Waals surface area contributed by atoms with Gasteiger partial charge in [-0.1, -0.05) is 35.9 Å². The number of thiazole rings is 1. The van der Waals surface area contributed by atoms with Gasteiger partial charge in [0, 0.05) is 16.6 Å². The number of carbonyl (C=O) groups is 3. The molecule has 0 unspecified atom stereocenters. The average molecular weight is 424 g/mol. The van der Waals surface area contributed by atoms with Crippen LogP contribution in [0.1, 0.15) is 33.3 Å². The SMILES string of the molecule is CCOC(=O)c1csc(N(NC(=O)c2ccc(C)cc2)C(=O)Nc2ccccc2)n1. The van der Waals surface area contributed by atoms with E-state index in [4.69, 9.17) is 4.74 Å². The number of benzene rings is 2. The first-order chi connectivity index (χ1) is 14.5. The fraction of sp³-hybridized carbons (Fsp3) is 0.143. The number of hydrazine groups is 1. The minimum absolute atomic E-state index is 0.0546. The number of anilines is 2. The Hall–Kier alpha value is -3.72. The van der Waals surface area contributed by atoms with Crippen molar-refractivity contribution in [1.29, 1.82) is 0 Å². The van der Waals surface area contributed by atoms with Crippen molar-refractivity contribution in [2.24, 2.45) is 0 Å². The van der Waals surface area contributed by atoms with Crippen LogP contribution in [0.15, 0.2) is 60.0 Å². The number of hydrogen-bond acceptors (Lipinski definition) is 6. The number of rotatable bonds is 5. The number of ether oxygens (including phenoxy) is 1. The second kappa shape index (κ2) is 9.66. The number of carbonyl (C=O) groups excluding carboxylic acids is 3. The van der Waals surface area contributed by atoms with Crippen LogP contribution in [0.3, 0.4) is 0 Å². The van der Waals surface area contributed by atoms with Gasteiger partial charge in [-0.2, -0.15) is 5.01 Å². The van der Waals surface area contributed by atoms with Crippen LogP contribution in [0.4, 0.5) is 15.6 Å². The summed E-state index contributed by atoms with van der Waals surface area (Å²) in [5.41, 5.74) is 4.53. The number of urea groups is 1. The summed E-state index contributed by atoms with van der Waals surface area (Å²) in [4.78, 5) is 41.7. The molecule has 0 aliphatic rings. The summed E-state index contributed by atoms with van der Waals surface area (Å²) >= 11 is 1.03. The van der Waals surface area contributed by atoms with Gasteiger partial charge >= 0.3 is 12.0 Å². The third-order valence-corrected chi connectivity index (χ3v) is 4.75. The summed E-state index contributed by atoms with van der Waals surface area (Å²) in [6.07, 6.45) is 0. The van der Waals surface area contributed by atoms with Crippen molar-refractivity contribution in [3.63, 3.8) is 0 Å². The molecule has 1 aromatic heterocycles. The van der Waals surface area contributed by atoms with Gasteiger partial charge in [0.05, 0.1) is 6.61 Å². The Morgan fingerprint density at radius 3 is 2.43 bits per heavy atom. The highest BCUT2D eigenvalue weighted by molar-refractivity contribution is 7.14. The molecule has 0 aliphatic heterocycles. The number of aryl methyl sites for hydroxylation is 1. The summed E-state index contributed by atoms with van der Waals surface area (Å²) in [5, 5.41) is 5.25. The second-order valence-corrected chi connectivity index (χ2v) is 7.01. The smallest absolute Gasteiger partial charge is 0.357 e. The van der Waals surface area contributed by atoms with Crippen LogP contribution in [0, 0.1) is 6.92 Å². The molecule has 9 heteroatoms. The van der Waals surface area contributed by atoms with E-state index in [9.17, 15) is 14.4 Å². The van der Waals surface area contributed by atoms with Gasteiger partial charge in [-0.05, 0) is 38.1 Å². The van der Waals surface area contributed by atoms with Crippen LogP contribution in [-0.4, -0.2) is 29.5 Å². The number of amides is 3. The molecule has 3 amide bonds. The third-order valence-electron chi connectivity index (χ3n) is 3.92. The topological polar surface area (TPSA) is 101 Å². The zero-order chi connectivity index (χ0) is 21.5. The molecule has 154 valence electrons. The van der Waals surface area contributed by atoms with E-state index < -0.39 is 17.9 Å². The van der Waals surface area contributed by atoms with E-state index >= 15 is 0 Å². The van der Waals surface area contributed by atoms with E-state index in [1.165, 1.54) is 5.38 Å². The molecule has 0 fully saturated rings. The lowest BCUT2D eigenvalue weighted by atomic mass is 10.1. The number of nitrogens with zero attached hydrogens (tertiary/aromatic N) is 2. The summed E-state index contributed by atoms with van der Waals surface area (Å²) in [7, 11) is 0. The van der Waals surface area contributed by atoms with Gasteiger partial charge in [0.15, 0.2) is 5.69 Å².